The van der Waals surface area contributed by atoms with Crippen LogP contribution in [0.5, 0.6) is 0 Å². The van der Waals surface area contributed by atoms with Gasteiger partial charge in [0, 0.05) is 31.5 Å². The number of rotatable bonds is 3. The first-order valence-corrected chi connectivity index (χ1v) is 8.32. The van der Waals surface area contributed by atoms with E-state index in [4.69, 9.17) is 5.10 Å². The lowest BCUT2D eigenvalue weighted by molar-refractivity contribution is 0.203. The predicted molar refractivity (Wildman–Crippen MR) is 93.3 cm³/mol. The molecule has 5 heteroatoms. The van der Waals surface area contributed by atoms with Gasteiger partial charge < -0.3 is 0 Å². The number of aryl methyl sites for hydroxylation is 2. The van der Waals surface area contributed by atoms with Crippen LogP contribution < -0.4 is 0 Å². The smallest absolute Gasteiger partial charge is 0.111 e. The van der Waals surface area contributed by atoms with Crippen LogP contribution >= 0.6 is 0 Å². The summed E-state index contributed by atoms with van der Waals surface area (Å²) in [5.74, 6) is 0. The molecule has 122 valence electrons. The van der Waals surface area contributed by atoms with Gasteiger partial charge in [0.15, 0.2) is 0 Å². The van der Waals surface area contributed by atoms with E-state index >= 15 is 0 Å². The van der Waals surface area contributed by atoms with Crippen molar-refractivity contribution in [2.75, 3.05) is 6.54 Å². The second-order valence-electron chi connectivity index (χ2n) is 6.39. The molecule has 0 saturated carbocycles. The van der Waals surface area contributed by atoms with Crippen LogP contribution in [0, 0.1) is 13.8 Å². The maximum atomic E-state index is 4.75. The first-order valence-electron chi connectivity index (χ1n) is 8.32. The topological polar surface area (TPSA) is 46.8 Å². The average Bonchev–Trinajstić information content (AvgIpc) is 2.98. The molecule has 1 aliphatic heterocycles. The van der Waals surface area contributed by atoms with Crippen molar-refractivity contribution in [3.63, 3.8) is 0 Å². The van der Waals surface area contributed by atoms with Crippen molar-refractivity contribution in [1.29, 1.82) is 0 Å². The Labute approximate surface area is 142 Å². The molecular formula is C19H21N5. The van der Waals surface area contributed by atoms with E-state index in [1.54, 1.807) is 0 Å². The molecule has 0 atom stereocenters. The normalized spacial score (nSPS) is 14.6. The van der Waals surface area contributed by atoms with Crippen molar-refractivity contribution < 1.29 is 0 Å². The van der Waals surface area contributed by atoms with Gasteiger partial charge in [-0.1, -0.05) is 12.1 Å². The first kappa shape index (κ1) is 15.0. The maximum absolute atomic E-state index is 4.75. The zero-order valence-electron chi connectivity index (χ0n) is 14.1. The molecule has 3 aromatic rings. The molecule has 0 amide bonds. The SMILES string of the molecule is Cc1cccc(CN2CCn3nc(-c4ncccc4C)cc3C2)n1. The second-order valence-corrected chi connectivity index (χ2v) is 6.39. The van der Waals surface area contributed by atoms with E-state index in [2.05, 4.69) is 50.7 Å². The van der Waals surface area contributed by atoms with Gasteiger partial charge in [0.1, 0.15) is 5.69 Å². The highest BCUT2D eigenvalue weighted by molar-refractivity contribution is 5.58. The Morgan fingerprint density at radius 2 is 2.00 bits per heavy atom. The van der Waals surface area contributed by atoms with Crippen LogP contribution in [-0.2, 0) is 19.6 Å². The number of hydrogen-bond acceptors (Lipinski definition) is 4. The van der Waals surface area contributed by atoms with Crippen molar-refractivity contribution in [3.05, 3.63) is 65.2 Å². The zero-order valence-corrected chi connectivity index (χ0v) is 14.1. The first-order chi connectivity index (χ1) is 11.7. The largest absolute Gasteiger partial charge is 0.290 e. The highest BCUT2D eigenvalue weighted by Gasteiger charge is 2.20. The number of aromatic nitrogens is 4. The lowest BCUT2D eigenvalue weighted by Crippen LogP contribution is -2.33. The van der Waals surface area contributed by atoms with Gasteiger partial charge >= 0.3 is 0 Å². The molecule has 24 heavy (non-hydrogen) atoms. The molecule has 4 heterocycles. The van der Waals surface area contributed by atoms with Crippen molar-refractivity contribution in [2.45, 2.75) is 33.5 Å². The van der Waals surface area contributed by atoms with Gasteiger partial charge in [-0.05, 0) is 43.7 Å². The van der Waals surface area contributed by atoms with Crippen LogP contribution in [0.1, 0.15) is 22.6 Å². The van der Waals surface area contributed by atoms with E-state index in [-0.39, 0.29) is 0 Å². The summed E-state index contributed by atoms with van der Waals surface area (Å²) in [5.41, 5.74) is 6.55. The molecule has 0 fully saturated rings. The third kappa shape index (κ3) is 2.95. The Bertz CT molecular complexity index is 868. The number of pyridine rings is 2. The number of nitrogens with zero attached hydrogens (tertiary/aromatic N) is 5. The summed E-state index contributed by atoms with van der Waals surface area (Å²) in [6.45, 7) is 7.80. The predicted octanol–water partition coefficient (Wildman–Crippen LogP) is 2.97. The lowest BCUT2D eigenvalue weighted by Gasteiger charge is -2.27. The van der Waals surface area contributed by atoms with Gasteiger partial charge in [-0.25, -0.2) is 0 Å². The molecule has 0 aromatic carbocycles. The number of hydrogen-bond donors (Lipinski definition) is 0. The molecule has 0 unspecified atom stereocenters. The average molecular weight is 319 g/mol. The number of fused-ring (bicyclic) bond motifs is 1. The Hall–Kier alpha value is -2.53. The molecule has 0 radical (unpaired) electrons. The zero-order chi connectivity index (χ0) is 16.5. The monoisotopic (exact) mass is 319 g/mol. The fourth-order valence-electron chi connectivity index (χ4n) is 3.24. The Morgan fingerprint density at radius 1 is 1.08 bits per heavy atom. The van der Waals surface area contributed by atoms with Gasteiger partial charge in [-0.15, -0.1) is 0 Å². The molecule has 1 aliphatic rings. The van der Waals surface area contributed by atoms with Gasteiger partial charge in [0.2, 0.25) is 0 Å². The van der Waals surface area contributed by atoms with Crippen molar-refractivity contribution in [3.8, 4) is 11.4 Å². The summed E-state index contributed by atoms with van der Waals surface area (Å²) in [4.78, 5) is 11.5. The standard InChI is InChI=1S/C19H21N5/c1-14-5-4-8-20-19(14)18-11-17-13-23(9-10-24(17)22-18)12-16-7-3-6-15(2)21-16/h3-8,11H,9-10,12-13H2,1-2H3. The van der Waals surface area contributed by atoms with E-state index in [0.717, 1.165) is 54.5 Å². The third-order valence-electron chi connectivity index (χ3n) is 4.46. The fourth-order valence-corrected chi connectivity index (χ4v) is 3.24. The van der Waals surface area contributed by atoms with Crippen LogP contribution in [0.25, 0.3) is 11.4 Å². The molecule has 0 spiro atoms. The van der Waals surface area contributed by atoms with Gasteiger partial charge in [0.25, 0.3) is 0 Å². The van der Waals surface area contributed by atoms with E-state index < -0.39 is 0 Å². The molecule has 0 N–H and O–H groups in total. The summed E-state index contributed by atoms with van der Waals surface area (Å²) in [6.07, 6.45) is 1.83. The van der Waals surface area contributed by atoms with E-state index in [1.807, 2.05) is 25.3 Å². The van der Waals surface area contributed by atoms with Crippen LogP contribution in [0.4, 0.5) is 0 Å². The summed E-state index contributed by atoms with van der Waals surface area (Å²) >= 11 is 0. The summed E-state index contributed by atoms with van der Waals surface area (Å²) in [7, 11) is 0. The Balaban J connectivity index is 1.54. The Kier molecular flexibility index (Phi) is 3.86. The van der Waals surface area contributed by atoms with Gasteiger partial charge in [-0.3, -0.25) is 19.5 Å². The van der Waals surface area contributed by atoms with Crippen LogP contribution in [0.2, 0.25) is 0 Å². The van der Waals surface area contributed by atoms with E-state index in [1.165, 1.54) is 5.69 Å². The van der Waals surface area contributed by atoms with Crippen molar-refractivity contribution >= 4 is 0 Å². The third-order valence-corrected chi connectivity index (χ3v) is 4.46. The van der Waals surface area contributed by atoms with Gasteiger partial charge in [-0.2, -0.15) is 5.10 Å². The minimum Gasteiger partial charge on any atom is -0.290 e. The lowest BCUT2D eigenvalue weighted by atomic mass is 10.1. The van der Waals surface area contributed by atoms with Crippen molar-refractivity contribution in [1.82, 2.24) is 24.6 Å². The summed E-state index contributed by atoms with van der Waals surface area (Å²) in [5, 5.41) is 4.75. The molecule has 0 aliphatic carbocycles. The highest BCUT2D eigenvalue weighted by Crippen LogP contribution is 2.23. The summed E-state index contributed by atoms with van der Waals surface area (Å²) < 4.78 is 2.11. The minimum absolute atomic E-state index is 0.880. The molecule has 0 bridgehead atoms. The second kappa shape index (κ2) is 6.17. The van der Waals surface area contributed by atoms with E-state index in [0.29, 0.717) is 0 Å². The van der Waals surface area contributed by atoms with Crippen LogP contribution in [0.3, 0.4) is 0 Å². The fraction of sp³-hybridized carbons (Fsp3) is 0.316. The van der Waals surface area contributed by atoms with Gasteiger partial charge in [0.05, 0.1) is 23.6 Å². The maximum Gasteiger partial charge on any atom is 0.111 e. The van der Waals surface area contributed by atoms with E-state index in [9.17, 15) is 0 Å². The quantitative estimate of drug-likeness (QED) is 0.744. The minimum atomic E-state index is 0.880. The molecule has 3 aromatic heterocycles. The van der Waals surface area contributed by atoms with Crippen LogP contribution in [-0.4, -0.2) is 31.2 Å². The Morgan fingerprint density at radius 3 is 2.83 bits per heavy atom. The van der Waals surface area contributed by atoms with Crippen molar-refractivity contribution in [2.24, 2.45) is 0 Å². The molecule has 4 rings (SSSR count). The van der Waals surface area contributed by atoms with Crippen LogP contribution in [0.15, 0.2) is 42.6 Å². The molecule has 0 saturated heterocycles. The molecule has 5 nitrogen and oxygen atoms in total. The highest BCUT2D eigenvalue weighted by atomic mass is 15.3. The summed E-state index contributed by atoms with van der Waals surface area (Å²) in [6, 6.07) is 12.4. The molecular weight excluding hydrogens is 298 g/mol.